The third kappa shape index (κ3) is 4.48. The van der Waals surface area contributed by atoms with E-state index in [-0.39, 0.29) is 23.9 Å². The van der Waals surface area contributed by atoms with Gasteiger partial charge >= 0.3 is 0 Å². The van der Waals surface area contributed by atoms with Gasteiger partial charge in [0.25, 0.3) is 5.91 Å². The molecule has 188 valence electrons. The third-order valence-electron chi connectivity index (χ3n) is 6.35. The lowest BCUT2D eigenvalue weighted by molar-refractivity contribution is 0.0916. The molecular formula is C24H27FN8O3. The van der Waals surface area contributed by atoms with Crippen molar-refractivity contribution in [2.75, 3.05) is 29.7 Å². The SMILES string of the molecule is CNc1cc(NC2=CC=CN(c3ncccc3F)C2O)nc2c(C(=O)NC3CC[C@H](OC)C3)cnn12. The number of amides is 1. The van der Waals surface area contributed by atoms with E-state index in [0.717, 1.165) is 19.3 Å². The maximum Gasteiger partial charge on any atom is 0.256 e. The minimum atomic E-state index is -1.24. The predicted molar refractivity (Wildman–Crippen MR) is 132 cm³/mol. The number of allylic oxidation sites excluding steroid dienone is 2. The monoisotopic (exact) mass is 494 g/mol. The maximum atomic E-state index is 14.3. The molecule has 11 nitrogen and oxygen atoms in total. The molecule has 0 radical (unpaired) electrons. The van der Waals surface area contributed by atoms with Crippen LogP contribution in [0.25, 0.3) is 5.65 Å². The van der Waals surface area contributed by atoms with Gasteiger partial charge < -0.3 is 25.8 Å². The summed E-state index contributed by atoms with van der Waals surface area (Å²) in [5.74, 6) is 0.105. The Morgan fingerprint density at radius 3 is 2.94 bits per heavy atom. The molecule has 0 aromatic carbocycles. The summed E-state index contributed by atoms with van der Waals surface area (Å²) in [5.41, 5.74) is 1.02. The van der Waals surface area contributed by atoms with Crippen LogP contribution < -0.4 is 20.9 Å². The number of pyridine rings is 1. The summed E-state index contributed by atoms with van der Waals surface area (Å²) in [6, 6.07) is 4.47. The molecule has 1 saturated carbocycles. The topological polar surface area (TPSA) is 129 Å². The number of hydrogen-bond donors (Lipinski definition) is 4. The van der Waals surface area contributed by atoms with Crippen LogP contribution in [-0.4, -0.2) is 63.1 Å². The van der Waals surface area contributed by atoms with Crippen molar-refractivity contribution in [1.29, 1.82) is 0 Å². The van der Waals surface area contributed by atoms with Crippen molar-refractivity contribution < 1.29 is 19.0 Å². The predicted octanol–water partition coefficient (Wildman–Crippen LogP) is 2.25. The van der Waals surface area contributed by atoms with Crippen LogP contribution in [0, 0.1) is 5.82 Å². The number of ether oxygens (including phenoxy) is 1. The molecule has 0 bridgehead atoms. The minimum absolute atomic E-state index is 0.00894. The Balaban J connectivity index is 1.40. The molecule has 2 unspecified atom stereocenters. The van der Waals surface area contributed by atoms with Crippen molar-refractivity contribution in [1.82, 2.24) is 24.9 Å². The van der Waals surface area contributed by atoms with Crippen LogP contribution in [0.4, 0.5) is 21.8 Å². The van der Waals surface area contributed by atoms with Gasteiger partial charge in [0.2, 0.25) is 0 Å². The second kappa shape index (κ2) is 9.91. The summed E-state index contributed by atoms with van der Waals surface area (Å²) >= 11 is 0. The lowest BCUT2D eigenvalue weighted by Gasteiger charge is -2.30. The van der Waals surface area contributed by atoms with Crippen molar-refractivity contribution >= 4 is 29.0 Å². The summed E-state index contributed by atoms with van der Waals surface area (Å²) in [4.78, 5) is 23.0. The summed E-state index contributed by atoms with van der Waals surface area (Å²) in [6.07, 6.45) is 9.20. The fourth-order valence-corrected chi connectivity index (χ4v) is 4.48. The van der Waals surface area contributed by atoms with E-state index in [1.165, 1.54) is 40.1 Å². The van der Waals surface area contributed by atoms with E-state index in [1.807, 2.05) is 0 Å². The average Bonchev–Trinajstić information content (AvgIpc) is 3.52. The summed E-state index contributed by atoms with van der Waals surface area (Å²) in [5, 5.41) is 24.4. The number of carbonyl (C=O) groups excluding carboxylic acids is 1. The number of anilines is 3. The number of aliphatic hydroxyl groups is 1. The Labute approximate surface area is 206 Å². The van der Waals surface area contributed by atoms with Gasteiger partial charge in [-0.2, -0.15) is 9.61 Å². The number of carbonyl (C=O) groups is 1. The Hall–Kier alpha value is -4.03. The van der Waals surface area contributed by atoms with E-state index in [1.54, 1.807) is 32.4 Å². The third-order valence-corrected chi connectivity index (χ3v) is 6.35. The zero-order valence-electron chi connectivity index (χ0n) is 19.8. The molecule has 1 fully saturated rings. The smallest absolute Gasteiger partial charge is 0.256 e. The molecule has 0 spiro atoms. The first kappa shape index (κ1) is 23.7. The molecule has 3 aromatic rings. The highest BCUT2D eigenvalue weighted by atomic mass is 19.1. The van der Waals surface area contributed by atoms with Gasteiger partial charge in [-0.05, 0) is 43.5 Å². The molecule has 36 heavy (non-hydrogen) atoms. The molecule has 1 aliphatic heterocycles. The molecule has 4 heterocycles. The minimum Gasteiger partial charge on any atom is -0.381 e. The van der Waals surface area contributed by atoms with E-state index in [9.17, 15) is 14.3 Å². The van der Waals surface area contributed by atoms with Crippen molar-refractivity contribution in [2.45, 2.75) is 37.6 Å². The molecule has 1 amide bonds. The number of aliphatic hydroxyl groups excluding tert-OH is 1. The molecule has 3 atom stereocenters. The van der Waals surface area contributed by atoms with E-state index >= 15 is 0 Å². The van der Waals surface area contributed by atoms with Crippen molar-refractivity contribution in [3.63, 3.8) is 0 Å². The van der Waals surface area contributed by atoms with E-state index in [4.69, 9.17) is 4.74 Å². The lowest BCUT2D eigenvalue weighted by atomic mass is 10.2. The first-order chi connectivity index (χ1) is 17.5. The number of nitrogens with zero attached hydrogens (tertiary/aromatic N) is 5. The van der Waals surface area contributed by atoms with Crippen LogP contribution in [0.2, 0.25) is 0 Å². The maximum absolute atomic E-state index is 14.3. The van der Waals surface area contributed by atoms with Crippen LogP contribution >= 0.6 is 0 Å². The molecule has 0 saturated heterocycles. The average molecular weight is 495 g/mol. The van der Waals surface area contributed by atoms with E-state index in [0.29, 0.717) is 28.5 Å². The van der Waals surface area contributed by atoms with Crippen molar-refractivity contribution in [3.05, 3.63) is 66.0 Å². The second-order valence-electron chi connectivity index (χ2n) is 8.59. The van der Waals surface area contributed by atoms with Crippen molar-refractivity contribution in [3.8, 4) is 0 Å². The second-order valence-corrected chi connectivity index (χ2v) is 8.59. The Bertz CT molecular complexity index is 1340. The van der Waals surface area contributed by atoms with Gasteiger partial charge in [-0.1, -0.05) is 0 Å². The lowest BCUT2D eigenvalue weighted by Crippen LogP contribution is -2.37. The Morgan fingerprint density at radius 1 is 1.33 bits per heavy atom. The Morgan fingerprint density at radius 2 is 2.19 bits per heavy atom. The van der Waals surface area contributed by atoms with Gasteiger partial charge in [0, 0.05) is 38.7 Å². The standard InChI is InChI=1S/C24H27FN8O3/c1-26-20-12-19(30-18-6-4-10-32(24(18)35)22-17(25)5-3-9-27-22)31-21-16(13-28-33(20)21)23(34)29-14-7-8-15(11-14)36-2/h3-6,9-10,12-15,24,26,35H,7-8,11H2,1-2H3,(H,29,34)(H,30,31)/t14?,15-,24?/m0/s1. The van der Waals surface area contributed by atoms with Gasteiger partial charge in [-0.15, -0.1) is 0 Å². The normalized spacial score (nSPS) is 21.5. The largest absolute Gasteiger partial charge is 0.381 e. The van der Waals surface area contributed by atoms with Crippen LogP contribution in [0.1, 0.15) is 29.6 Å². The first-order valence-electron chi connectivity index (χ1n) is 11.6. The highest BCUT2D eigenvalue weighted by molar-refractivity contribution is 6.00. The van der Waals surface area contributed by atoms with Crippen LogP contribution in [0.5, 0.6) is 0 Å². The summed E-state index contributed by atoms with van der Waals surface area (Å²) in [6.45, 7) is 0. The molecule has 4 N–H and O–H groups in total. The fraction of sp³-hybridized carbons (Fsp3) is 0.333. The molecule has 5 rings (SSSR count). The van der Waals surface area contributed by atoms with Crippen molar-refractivity contribution in [2.24, 2.45) is 0 Å². The number of hydrogen-bond acceptors (Lipinski definition) is 9. The Kier molecular flexibility index (Phi) is 6.53. The van der Waals surface area contributed by atoms with E-state index in [2.05, 4.69) is 31.0 Å². The summed E-state index contributed by atoms with van der Waals surface area (Å²) < 4.78 is 21.2. The molecule has 12 heteroatoms. The van der Waals surface area contributed by atoms with Crippen LogP contribution in [0.15, 0.2) is 54.6 Å². The first-order valence-corrected chi connectivity index (χ1v) is 11.6. The van der Waals surface area contributed by atoms with Crippen LogP contribution in [0.3, 0.4) is 0 Å². The number of halogens is 1. The molecule has 1 aliphatic carbocycles. The zero-order chi connectivity index (χ0) is 25.2. The van der Waals surface area contributed by atoms with Crippen LogP contribution in [-0.2, 0) is 4.74 Å². The van der Waals surface area contributed by atoms with Gasteiger partial charge in [0.05, 0.1) is 18.0 Å². The fourth-order valence-electron chi connectivity index (χ4n) is 4.48. The highest BCUT2D eigenvalue weighted by Crippen LogP contribution is 2.27. The van der Waals surface area contributed by atoms with E-state index < -0.39 is 12.0 Å². The number of nitrogens with one attached hydrogen (secondary N) is 3. The quantitative estimate of drug-likeness (QED) is 0.391. The molecule has 3 aromatic heterocycles. The number of methoxy groups -OCH3 is 1. The van der Waals surface area contributed by atoms with Gasteiger partial charge in [0.15, 0.2) is 23.5 Å². The highest BCUT2D eigenvalue weighted by Gasteiger charge is 2.28. The van der Waals surface area contributed by atoms with Gasteiger partial charge in [-0.3, -0.25) is 9.69 Å². The number of aromatic nitrogens is 4. The van der Waals surface area contributed by atoms with Gasteiger partial charge in [0.1, 0.15) is 17.2 Å². The molecular weight excluding hydrogens is 467 g/mol. The summed E-state index contributed by atoms with van der Waals surface area (Å²) in [7, 11) is 3.41. The number of rotatable bonds is 7. The van der Waals surface area contributed by atoms with Gasteiger partial charge in [-0.25, -0.2) is 14.4 Å². The number of fused-ring (bicyclic) bond motifs is 1. The zero-order valence-corrected chi connectivity index (χ0v) is 19.8. The molecule has 2 aliphatic rings.